The standard InChI is InChI=1S/C20H16F2N4/c21-17-4-2-12(10-18(17)22)16-7-8-24-11-14-9-13(1-3-15(14)16)19-5-6-20(23)26-25-19/h1-7,9-10,24H,8,11H2,(H2,23,26). The van der Waals surface area contributed by atoms with Crippen molar-refractivity contribution >= 4 is 11.4 Å². The molecule has 3 aromatic rings. The van der Waals surface area contributed by atoms with E-state index in [0.29, 0.717) is 24.5 Å². The van der Waals surface area contributed by atoms with Crippen molar-refractivity contribution in [1.82, 2.24) is 15.5 Å². The molecule has 0 saturated carbocycles. The van der Waals surface area contributed by atoms with Crippen molar-refractivity contribution in [2.24, 2.45) is 0 Å². The van der Waals surface area contributed by atoms with Crippen LogP contribution in [-0.2, 0) is 6.54 Å². The predicted octanol–water partition coefficient (Wildman–Crippen LogP) is 3.54. The summed E-state index contributed by atoms with van der Waals surface area (Å²) in [5, 5.41) is 11.3. The van der Waals surface area contributed by atoms with Crippen LogP contribution < -0.4 is 11.1 Å². The molecule has 130 valence electrons. The first-order valence-corrected chi connectivity index (χ1v) is 8.21. The lowest BCUT2D eigenvalue weighted by atomic mass is 9.92. The number of fused-ring (bicyclic) bond motifs is 1. The van der Waals surface area contributed by atoms with Gasteiger partial charge in [-0.05, 0) is 52.6 Å². The molecule has 1 aliphatic rings. The molecule has 3 N–H and O–H groups in total. The summed E-state index contributed by atoms with van der Waals surface area (Å²) in [5.41, 5.74) is 10.8. The van der Waals surface area contributed by atoms with E-state index in [1.54, 1.807) is 12.1 Å². The summed E-state index contributed by atoms with van der Waals surface area (Å²) in [6.45, 7) is 1.30. The van der Waals surface area contributed by atoms with Gasteiger partial charge in [0.25, 0.3) is 0 Å². The fourth-order valence-corrected chi connectivity index (χ4v) is 3.09. The summed E-state index contributed by atoms with van der Waals surface area (Å²) >= 11 is 0. The summed E-state index contributed by atoms with van der Waals surface area (Å²) < 4.78 is 27.0. The zero-order valence-electron chi connectivity index (χ0n) is 13.8. The van der Waals surface area contributed by atoms with Gasteiger partial charge in [0.05, 0.1) is 5.69 Å². The normalized spacial score (nSPS) is 13.7. The second kappa shape index (κ2) is 6.65. The minimum absolute atomic E-state index is 0.369. The van der Waals surface area contributed by atoms with E-state index in [1.807, 2.05) is 30.3 Å². The highest BCUT2D eigenvalue weighted by atomic mass is 19.2. The largest absolute Gasteiger partial charge is 0.382 e. The molecule has 6 heteroatoms. The maximum absolute atomic E-state index is 13.7. The van der Waals surface area contributed by atoms with Gasteiger partial charge in [-0.3, -0.25) is 0 Å². The van der Waals surface area contributed by atoms with Crippen LogP contribution in [0.3, 0.4) is 0 Å². The van der Waals surface area contributed by atoms with Gasteiger partial charge in [-0.25, -0.2) is 8.78 Å². The van der Waals surface area contributed by atoms with E-state index in [0.717, 1.165) is 34.0 Å². The Balaban J connectivity index is 1.78. The van der Waals surface area contributed by atoms with Gasteiger partial charge in [-0.1, -0.05) is 24.3 Å². The number of nitrogens with zero attached hydrogens (tertiary/aromatic N) is 2. The van der Waals surface area contributed by atoms with Crippen LogP contribution in [0.2, 0.25) is 0 Å². The molecule has 4 rings (SSSR count). The van der Waals surface area contributed by atoms with Crippen molar-refractivity contribution in [2.75, 3.05) is 12.3 Å². The minimum atomic E-state index is -0.851. The first-order valence-electron chi connectivity index (χ1n) is 8.21. The van der Waals surface area contributed by atoms with Gasteiger partial charge in [-0.2, -0.15) is 0 Å². The van der Waals surface area contributed by atoms with Gasteiger partial charge in [0, 0.05) is 18.7 Å². The van der Waals surface area contributed by atoms with Crippen molar-refractivity contribution in [1.29, 1.82) is 0 Å². The number of rotatable bonds is 2. The van der Waals surface area contributed by atoms with Crippen LogP contribution >= 0.6 is 0 Å². The molecular formula is C20H16F2N4. The van der Waals surface area contributed by atoms with E-state index in [-0.39, 0.29) is 0 Å². The first-order chi connectivity index (χ1) is 12.6. The molecule has 0 spiro atoms. The van der Waals surface area contributed by atoms with Crippen molar-refractivity contribution in [3.05, 3.63) is 82.9 Å². The summed E-state index contributed by atoms with van der Waals surface area (Å²) in [4.78, 5) is 0. The highest BCUT2D eigenvalue weighted by Crippen LogP contribution is 2.31. The minimum Gasteiger partial charge on any atom is -0.382 e. The fraction of sp³-hybridized carbons (Fsp3) is 0.100. The van der Waals surface area contributed by atoms with Crippen LogP contribution in [0.1, 0.15) is 16.7 Å². The predicted molar refractivity (Wildman–Crippen MR) is 97.0 cm³/mol. The monoisotopic (exact) mass is 350 g/mol. The quantitative estimate of drug-likeness (QED) is 0.742. The number of anilines is 1. The SMILES string of the molecule is Nc1ccc(-c2ccc3c(c2)CNCC=C3c2ccc(F)c(F)c2)nn1. The summed E-state index contributed by atoms with van der Waals surface area (Å²) in [7, 11) is 0. The van der Waals surface area contributed by atoms with Crippen molar-refractivity contribution in [2.45, 2.75) is 6.54 Å². The Morgan fingerprint density at radius 1 is 0.885 bits per heavy atom. The number of hydrogen-bond donors (Lipinski definition) is 2. The first kappa shape index (κ1) is 16.4. The second-order valence-corrected chi connectivity index (χ2v) is 6.09. The fourth-order valence-electron chi connectivity index (χ4n) is 3.09. The van der Waals surface area contributed by atoms with Crippen LogP contribution in [0, 0.1) is 11.6 Å². The number of nitrogens with two attached hydrogens (primary N) is 1. The van der Waals surface area contributed by atoms with E-state index >= 15 is 0 Å². The van der Waals surface area contributed by atoms with E-state index in [1.165, 1.54) is 6.07 Å². The average molecular weight is 350 g/mol. The van der Waals surface area contributed by atoms with Gasteiger partial charge in [0.1, 0.15) is 5.82 Å². The molecule has 0 aliphatic carbocycles. The van der Waals surface area contributed by atoms with Crippen LogP contribution in [0.15, 0.2) is 54.6 Å². The molecule has 26 heavy (non-hydrogen) atoms. The topological polar surface area (TPSA) is 63.8 Å². The van der Waals surface area contributed by atoms with Crippen molar-refractivity contribution < 1.29 is 8.78 Å². The van der Waals surface area contributed by atoms with Gasteiger partial charge in [0.15, 0.2) is 11.6 Å². The average Bonchev–Trinajstić information content (AvgIpc) is 2.86. The lowest BCUT2D eigenvalue weighted by Crippen LogP contribution is -2.11. The van der Waals surface area contributed by atoms with Gasteiger partial charge in [0.2, 0.25) is 0 Å². The third-order valence-electron chi connectivity index (χ3n) is 4.37. The number of nitrogen functional groups attached to an aromatic ring is 1. The third kappa shape index (κ3) is 3.07. The zero-order valence-corrected chi connectivity index (χ0v) is 13.8. The van der Waals surface area contributed by atoms with Crippen LogP contribution in [0.25, 0.3) is 16.8 Å². The van der Waals surface area contributed by atoms with Gasteiger partial charge in [-0.15, -0.1) is 10.2 Å². The Labute approximate surface area is 149 Å². The van der Waals surface area contributed by atoms with E-state index in [4.69, 9.17) is 5.73 Å². The zero-order chi connectivity index (χ0) is 18.1. The van der Waals surface area contributed by atoms with Gasteiger partial charge >= 0.3 is 0 Å². The molecule has 0 radical (unpaired) electrons. The highest BCUT2D eigenvalue weighted by Gasteiger charge is 2.16. The number of benzene rings is 2. The molecule has 2 aromatic carbocycles. The van der Waals surface area contributed by atoms with Crippen LogP contribution in [0.4, 0.5) is 14.6 Å². The Hall–Kier alpha value is -3.12. The molecule has 0 saturated heterocycles. The highest BCUT2D eigenvalue weighted by molar-refractivity contribution is 5.83. The van der Waals surface area contributed by atoms with Crippen molar-refractivity contribution in [3.8, 4) is 11.3 Å². The molecule has 0 fully saturated rings. The summed E-state index contributed by atoms with van der Waals surface area (Å²) in [5.74, 6) is -1.33. The molecule has 1 aromatic heterocycles. The van der Waals surface area contributed by atoms with E-state index in [9.17, 15) is 8.78 Å². The lowest BCUT2D eigenvalue weighted by Gasteiger charge is -2.13. The number of nitrogens with one attached hydrogen (secondary N) is 1. The van der Waals surface area contributed by atoms with Gasteiger partial charge < -0.3 is 11.1 Å². The maximum atomic E-state index is 13.7. The number of halogens is 2. The molecule has 0 bridgehead atoms. The van der Waals surface area contributed by atoms with E-state index in [2.05, 4.69) is 15.5 Å². The molecule has 0 atom stereocenters. The number of aromatic nitrogens is 2. The Morgan fingerprint density at radius 3 is 2.50 bits per heavy atom. The van der Waals surface area contributed by atoms with E-state index < -0.39 is 11.6 Å². The van der Waals surface area contributed by atoms with Crippen molar-refractivity contribution in [3.63, 3.8) is 0 Å². The smallest absolute Gasteiger partial charge is 0.159 e. The maximum Gasteiger partial charge on any atom is 0.159 e. The molecule has 0 amide bonds. The molecular weight excluding hydrogens is 334 g/mol. The Morgan fingerprint density at radius 2 is 1.73 bits per heavy atom. The Bertz CT molecular complexity index is 997. The molecule has 4 nitrogen and oxygen atoms in total. The Kier molecular flexibility index (Phi) is 4.18. The number of hydrogen-bond acceptors (Lipinski definition) is 4. The third-order valence-corrected chi connectivity index (χ3v) is 4.37. The summed E-state index contributed by atoms with van der Waals surface area (Å²) in [6.07, 6.45) is 1.99. The van der Waals surface area contributed by atoms with Crippen LogP contribution in [0.5, 0.6) is 0 Å². The van der Waals surface area contributed by atoms with Crippen LogP contribution in [-0.4, -0.2) is 16.7 Å². The molecule has 0 unspecified atom stereocenters. The summed E-state index contributed by atoms with van der Waals surface area (Å²) in [6, 6.07) is 13.5. The lowest BCUT2D eigenvalue weighted by molar-refractivity contribution is 0.508. The molecule has 2 heterocycles. The molecule has 1 aliphatic heterocycles. The second-order valence-electron chi connectivity index (χ2n) is 6.09.